The van der Waals surface area contributed by atoms with E-state index in [0.717, 1.165) is 24.9 Å². The highest BCUT2D eigenvalue weighted by atomic mass is 32.2. The van der Waals surface area contributed by atoms with Crippen molar-refractivity contribution in [1.82, 2.24) is 4.31 Å². The Morgan fingerprint density at radius 3 is 2.73 bits per heavy atom. The highest BCUT2D eigenvalue weighted by Crippen LogP contribution is 2.31. The van der Waals surface area contributed by atoms with E-state index in [2.05, 4.69) is 6.07 Å². The lowest BCUT2D eigenvalue weighted by atomic mass is 9.98. The van der Waals surface area contributed by atoms with Crippen molar-refractivity contribution in [3.05, 3.63) is 29.3 Å². The molecule has 1 amide bonds. The first-order valence-electron chi connectivity index (χ1n) is 7.75. The maximum Gasteiger partial charge on any atom is 0.245 e. The molecule has 0 N–H and O–H groups in total. The molecule has 1 aromatic carbocycles. The number of carbonyl (C=O) groups is 1. The van der Waals surface area contributed by atoms with E-state index >= 15 is 0 Å². The van der Waals surface area contributed by atoms with Crippen LogP contribution in [-0.2, 0) is 21.2 Å². The second-order valence-corrected chi connectivity index (χ2v) is 8.19. The molecule has 0 spiro atoms. The van der Waals surface area contributed by atoms with Crippen LogP contribution in [0.4, 0.5) is 5.69 Å². The van der Waals surface area contributed by atoms with Crippen molar-refractivity contribution in [2.24, 2.45) is 0 Å². The van der Waals surface area contributed by atoms with Gasteiger partial charge in [-0.25, -0.2) is 8.42 Å². The minimum absolute atomic E-state index is 0.0762. The highest BCUT2D eigenvalue weighted by molar-refractivity contribution is 7.88. The molecule has 0 aromatic heterocycles. The Morgan fingerprint density at radius 2 is 2.00 bits per heavy atom. The van der Waals surface area contributed by atoms with Crippen LogP contribution in [0, 0.1) is 6.92 Å². The number of anilines is 1. The summed E-state index contributed by atoms with van der Waals surface area (Å²) in [5, 5.41) is 0. The van der Waals surface area contributed by atoms with E-state index in [1.54, 1.807) is 4.90 Å². The van der Waals surface area contributed by atoms with Gasteiger partial charge < -0.3 is 4.90 Å². The zero-order valence-corrected chi connectivity index (χ0v) is 13.9. The molecule has 0 aliphatic carbocycles. The Hall–Kier alpha value is -1.40. The molecule has 2 heterocycles. The number of aryl methyl sites for hydroxylation is 2. The third-order valence-corrected chi connectivity index (χ3v) is 5.82. The molecule has 6 heteroatoms. The number of sulfonamides is 1. The molecule has 0 bridgehead atoms. The van der Waals surface area contributed by atoms with Crippen LogP contribution in [0.5, 0.6) is 0 Å². The Labute approximate surface area is 132 Å². The Bertz CT molecular complexity index is 699. The van der Waals surface area contributed by atoms with Crippen molar-refractivity contribution >= 4 is 21.6 Å². The van der Waals surface area contributed by atoms with Crippen LogP contribution >= 0.6 is 0 Å². The standard InChI is InChI=1S/C16H22N2O3S/c1-12-7-8-14-13(11-12)5-3-9-17(14)16(19)15-6-4-10-18(15)22(2,20)21/h7-8,11,15H,3-6,9-10H2,1-2H3. The average Bonchev–Trinajstić information content (AvgIpc) is 2.95. The molecule has 22 heavy (non-hydrogen) atoms. The number of fused-ring (bicyclic) bond motifs is 1. The third kappa shape index (κ3) is 2.77. The summed E-state index contributed by atoms with van der Waals surface area (Å²) >= 11 is 0. The second-order valence-electron chi connectivity index (χ2n) is 6.26. The van der Waals surface area contributed by atoms with Crippen LogP contribution in [0.25, 0.3) is 0 Å². The zero-order chi connectivity index (χ0) is 15.9. The summed E-state index contributed by atoms with van der Waals surface area (Å²) < 4.78 is 25.1. The molecule has 1 unspecified atom stereocenters. The Balaban J connectivity index is 1.91. The smallest absolute Gasteiger partial charge is 0.245 e. The fourth-order valence-electron chi connectivity index (χ4n) is 3.52. The van der Waals surface area contributed by atoms with Gasteiger partial charge in [-0.3, -0.25) is 4.79 Å². The van der Waals surface area contributed by atoms with Crippen LogP contribution in [0.3, 0.4) is 0 Å². The van der Waals surface area contributed by atoms with Gasteiger partial charge in [0.25, 0.3) is 0 Å². The quantitative estimate of drug-likeness (QED) is 0.833. The summed E-state index contributed by atoms with van der Waals surface area (Å²) in [6.07, 6.45) is 4.45. The van der Waals surface area contributed by atoms with Gasteiger partial charge in [0, 0.05) is 18.8 Å². The lowest BCUT2D eigenvalue weighted by molar-refractivity contribution is -0.121. The maximum absolute atomic E-state index is 12.9. The second kappa shape index (κ2) is 5.66. The summed E-state index contributed by atoms with van der Waals surface area (Å²) in [6.45, 7) is 3.16. The minimum atomic E-state index is -3.33. The van der Waals surface area contributed by atoms with E-state index in [1.165, 1.54) is 21.7 Å². The first-order valence-corrected chi connectivity index (χ1v) is 9.60. The summed E-state index contributed by atoms with van der Waals surface area (Å²) in [6, 6.07) is 5.58. The number of benzene rings is 1. The molecule has 1 aromatic rings. The predicted octanol–water partition coefficient (Wildman–Crippen LogP) is 1.70. The normalized spacial score (nSPS) is 22.6. The van der Waals surface area contributed by atoms with Crippen LogP contribution in [-0.4, -0.2) is 44.0 Å². The van der Waals surface area contributed by atoms with Crippen molar-refractivity contribution in [1.29, 1.82) is 0 Å². The van der Waals surface area contributed by atoms with Crippen LogP contribution < -0.4 is 4.90 Å². The van der Waals surface area contributed by atoms with E-state index in [-0.39, 0.29) is 5.91 Å². The number of carbonyl (C=O) groups excluding carboxylic acids is 1. The van der Waals surface area contributed by atoms with E-state index in [4.69, 9.17) is 0 Å². The van der Waals surface area contributed by atoms with Gasteiger partial charge >= 0.3 is 0 Å². The molecular formula is C16H22N2O3S. The van der Waals surface area contributed by atoms with Gasteiger partial charge in [0.2, 0.25) is 15.9 Å². The lowest BCUT2D eigenvalue weighted by Gasteiger charge is -2.33. The van der Waals surface area contributed by atoms with Gasteiger partial charge in [0.15, 0.2) is 0 Å². The summed E-state index contributed by atoms with van der Waals surface area (Å²) in [4.78, 5) is 14.7. The Morgan fingerprint density at radius 1 is 1.23 bits per heavy atom. The molecule has 5 nitrogen and oxygen atoms in total. The fourth-order valence-corrected chi connectivity index (χ4v) is 4.64. The molecular weight excluding hydrogens is 300 g/mol. The molecule has 1 fully saturated rings. The fraction of sp³-hybridized carbons (Fsp3) is 0.562. The van der Waals surface area contributed by atoms with Crippen molar-refractivity contribution in [2.45, 2.75) is 38.6 Å². The van der Waals surface area contributed by atoms with Crippen LogP contribution in [0.15, 0.2) is 18.2 Å². The van der Waals surface area contributed by atoms with Gasteiger partial charge in [-0.1, -0.05) is 17.7 Å². The average molecular weight is 322 g/mol. The number of amides is 1. The third-order valence-electron chi connectivity index (χ3n) is 4.53. The van der Waals surface area contributed by atoms with Crippen LogP contribution in [0.2, 0.25) is 0 Å². The SMILES string of the molecule is Cc1ccc2c(c1)CCCN2C(=O)C1CCCN1S(C)(=O)=O. The first kappa shape index (κ1) is 15.5. The maximum atomic E-state index is 12.9. The number of hydrogen-bond acceptors (Lipinski definition) is 3. The van der Waals surface area contributed by atoms with E-state index in [9.17, 15) is 13.2 Å². The molecule has 1 atom stereocenters. The van der Waals surface area contributed by atoms with Gasteiger partial charge in [-0.2, -0.15) is 4.31 Å². The minimum Gasteiger partial charge on any atom is -0.311 e. The number of hydrogen-bond donors (Lipinski definition) is 0. The van der Waals surface area contributed by atoms with Crippen molar-refractivity contribution in [3.8, 4) is 0 Å². The van der Waals surface area contributed by atoms with Crippen molar-refractivity contribution in [3.63, 3.8) is 0 Å². The van der Waals surface area contributed by atoms with Gasteiger partial charge in [-0.05, 0) is 44.2 Å². The monoisotopic (exact) mass is 322 g/mol. The highest BCUT2D eigenvalue weighted by Gasteiger charge is 2.39. The zero-order valence-electron chi connectivity index (χ0n) is 13.1. The lowest BCUT2D eigenvalue weighted by Crippen LogP contribution is -2.49. The van der Waals surface area contributed by atoms with E-state index in [0.29, 0.717) is 19.5 Å². The summed E-state index contributed by atoms with van der Waals surface area (Å²) in [5.41, 5.74) is 3.32. The topological polar surface area (TPSA) is 57.7 Å². The molecule has 2 aliphatic heterocycles. The van der Waals surface area contributed by atoms with Crippen molar-refractivity contribution in [2.75, 3.05) is 24.2 Å². The van der Waals surface area contributed by atoms with Crippen molar-refractivity contribution < 1.29 is 13.2 Å². The van der Waals surface area contributed by atoms with E-state index < -0.39 is 16.1 Å². The summed E-state index contributed by atoms with van der Waals surface area (Å²) in [7, 11) is -3.33. The Kier molecular flexibility index (Phi) is 3.99. The molecule has 3 rings (SSSR count). The van der Waals surface area contributed by atoms with Gasteiger partial charge in [-0.15, -0.1) is 0 Å². The number of rotatable bonds is 2. The first-order chi connectivity index (χ1) is 10.4. The largest absolute Gasteiger partial charge is 0.311 e. The van der Waals surface area contributed by atoms with E-state index in [1.807, 2.05) is 19.1 Å². The molecule has 1 saturated heterocycles. The van der Waals surface area contributed by atoms with Crippen LogP contribution in [0.1, 0.15) is 30.4 Å². The predicted molar refractivity (Wildman–Crippen MR) is 86.4 cm³/mol. The molecule has 0 saturated carbocycles. The van der Waals surface area contributed by atoms with Gasteiger partial charge in [0.1, 0.15) is 6.04 Å². The van der Waals surface area contributed by atoms with Gasteiger partial charge in [0.05, 0.1) is 6.26 Å². The number of nitrogens with zero attached hydrogens (tertiary/aromatic N) is 2. The molecule has 0 radical (unpaired) electrons. The summed E-state index contributed by atoms with van der Waals surface area (Å²) in [5.74, 6) is -0.0762. The molecule has 120 valence electrons. The molecule has 2 aliphatic rings.